The van der Waals surface area contributed by atoms with Crippen molar-refractivity contribution >= 4 is 16.9 Å². The Morgan fingerprint density at radius 2 is 1.67 bits per heavy atom. The first-order valence-corrected chi connectivity index (χ1v) is 16.0. The molecule has 0 N–H and O–H groups in total. The van der Waals surface area contributed by atoms with Crippen molar-refractivity contribution in [1.29, 1.82) is 0 Å². The summed E-state index contributed by atoms with van der Waals surface area (Å²) in [6, 6.07) is 11.8. The van der Waals surface area contributed by atoms with E-state index in [1.807, 2.05) is 4.57 Å². The number of aromatic nitrogens is 1. The highest BCUT2D eigenvalue weighted by atomic mass is 19.4. The number of hydrogen-bond donors (Lipinski definition) is 0. The van der Waals surface area contributed by atoms with Crippen molar-refractivity contribution in [2.24, 2.45) is 5.92 Å². The number of rotatable bonds is 19. The molecule has 0 aliphatic carbocycles. The van der Waals surface area contributed by atoms with Gasteiger partial charge >= 0.3 is 12.1 Å². The minimum Gasteiger partial charge on any atom is -0.494 e. The first-order valence-electron chi connectivity index (χ1n) is 16.0. The van der Waals surface area contributed by atoms with Crippen LogP contribution in [0.4, 0.5) is 22.0 Å². The Bertz CT molecular complexity index is 1390. The molecular weight excluding hydrogens is 589 g/mol. The van der Waals surface area contributed by atoms with Crippen LogP contribution < -0.4 is 4.74 Å². The zero-order chi connectivity index (χ0) is 33.0. The molecule has 0 fully saturated rings. The van der Waals surface area contributed by atoms with E-state index < -0.39 is 30.1 Å². The average Bonchev–Trinajstić information content (AvgIpc) is 3.34. The van der Waals surface area contributed by atoms with Gasteiger partial charge < -0.3 is 14.0 Å². The van der Waals surface area contributed by atoms with Crippen LogP contribution in [-0.2, 0) is 28.7 Å². The second-order valence-electron chi connectivity index (χ2n) is 12.1. The molecule has 0 aliphatic heterocycles. The van der Waals surface area contributed by atoms with E-state index in [9.17, 15) is 26.7 Å². The zero-order valence-electron chi connectivity index (χ0n) is 26.7. The molecule has 0 saturated heterocycles. The van der Waals surface area contributed by atoms with Crippen molar-refractivity contribution in [3.8, 4) is 17.0 Å². The van der Waals surface area contributed by atoms with Crippen molar-refractivity contribution in [1.82, 2.24) is 4.57 Å². The van der Waals surface area contributed by atoms with Gasteiger partial charge in [-0.15, -0.1) is 0 Å². The number of fused-ring (bicyclic) bond motifs is 1. The van der Waals surface area contributed by atoms with Crippen LogP contribution in [0, 0.1) is 5.92 Å². The van der Waals surface area contributed by atoms with E-state index in [0.29, 0.717) is 35.9 Å². The molecule has 0 amide bonds. The quantitative estimate of drug-likeness (QED) is 0.0570. The molecule has 0 atom stereocenters. The fraction of sp³-hybridized carbons (Fsp3) is 0.528. The molecule has 3 aromatic rings. The molecule has 0 saturated carbocycles. The number of aryl methyl sites for hydroxylation is 2. The van der Waals surface area contributed by atoms with Gasteiger partial charge in [0, 0.05) is 48.2 Å². The van der Waals surface area contributed by atoms with Gasteiger partial charge in [-0.3, -0.25) is 0 Å². The van der Waals surface area contributed by atoms with Crippen LogP contribution in [0.15, 0.2) is 55.1 Å². The maximum atomic E-state index is 14.4. The first-order chi connectivity index (χ1) is 21.3. The van der Waals surface area contributed by atoms with Gasteiger partial charge in [0.1, 0.15) is 5.75 Å². The zero-order valence-corrected chi connectivity index (χ0v) is 26.7. The van der Waals surface area contributed by atoms with E-state index in [0.717, 1.165) is 49.1 Å². The molecule has 0 bridgehead atoms. The van der Waals surface area contributed by atoms with E-state index in [-0.39, 0.29) is 38.0 Å². The highest BCUT2D eigenvalue weighted by molar-refractivity contribution is 5.89. The predicted molar refractivity (Wildman–Crippen MR) is 170 cm³/mol. The molecular formula is C36H46F5NO3. The molecule has 3 rings (SSSR count). The number of ether oxygens (including phenoxy) is 2. The summed E-state index contributed by atoms with van der Waals surface area (Å²) in [6.07, 6.45) is 0.957. The summed E-state index contributed by atoms with van der Waals surface area (Å²) in [4.78, 5) is 11.1. The predicted octanol–water partition coefficient (Wildman–Crippen LogP) is 10.8. The van der Waals surface area contributed by atoms with Gasteiger partial charge in [-0.2, -0.15) is 13.2 Å². The topological polar surface area (TPSA) is 40.5 Å². The lowest BCUT2D eigenvalue weighted by molar-refractivity contribution is -0.138. The Kier molecular flexibility index (Phi) is 13.5. The van der Waals surface area contributed by atoms with Crippen LogP contribution in [0.1, 0.15) is 89.7 Å². The smallest absolute Gasteiger partial charge is 0.417 e. The number of nitrogens with zero attached hydrogens (tertiary/aromatic N) is 1. The molecule has 0 unspecified atom stereocenters. The van der Waals surface area contributed by atoms with Crippen molar-refractivity contribution in [2.45, 2.75) is 104 Å². The maximum Gasteiger partial charge on any atom is 0.417 e. The lowest BCUT2D eigenvalue weighted by Crippen LogP contribution is -2.18. The largest absolute Gasteiger partial charge is 0.494 e. The first kappa shape index (κ1) is 36.1. The van der Waals surface area contributed by atoms with Crippen LogP contribution in [-0.4, -0.2) is 29.7 Å². The van der Waals surface area contributed by atoms with Gasteiger partial charge in [0.15, 0.2) is 0 Å². The van der Waals surface area contributed by atoms with E-state index in [2.05, 4.69) is 27.4 Å². The van der Waals surface area contributed by atoms with Crippen molar-refractivity contribution in [3.05, 3.63) is 66.2 Å². The third-order valence-corrected chi connectivity index (χ3v) is 7.83. The lowest BCUT2D eigenvalue weighted by Gasteiger charge is -2.18. The molecule has 2 aromatic carbocycles. The van der Waals surface area contributed by atoms with Crippen LogP contribution in [0.25, 0.3) is 22.2 Å². The minimum absolute atomic E-state index is 0.0396. The molecule has 0 radical (unpaired) electrons. The van der Waals surface area contributed by atoms with E-state index in [1.54, 1.807) is 36.4 Å². The van der Waals surface area contributed by atoms with E-state index >= 15 is 0 Å². The number of unbranched alkanes of at least 4 members (excludes halogenated alkanes) is 2. The SMILES string of the molecule is C=CC(=O)OCCCC(F)(F)CCCOc1ccc2cc(-c3ccc(CCCCC)cc3C(F)(F)F)n(CCCC(C)C)c2c1. The number of halogens is 5. The van der Waals surface area contributed by atoms with Crippen LogP contribution in [0.3, 0.4) is 0 Å². The number of carbonyl (C=O) groups excluding carboxylic acids is 1. The summed E-state index contributed by atoms with van der Waals surface area (Å²) < 4.78 is 84.3. The average molecular weight is 636 g/mol. The van der Waals surface area contributed by atoms with Gasteiger partial charge in [0.05, 0.1) is 24.3 Å². The van der Waals surface area contributed by atoms with Crippen molar-refractivity contribution in [3.63, 3.8) is 0 Å². The van der Waals surface area contributed by atoms with Crippen molar-refractivity contribution < 1.29 is 36.2 Å². The van der Waals surface area contributed by atoms with Gasteiger partial charge in [0.25, 0.3) is 0 Å². The van der Waals surface area contributed by atoms with Crippen LogP contribution in [0.5, 0.6) is 5.75 Å². The number of hydrogen-bond acceptors (Lipinski definition) is 3. The van der Waals surface area contributed by atoms with Crippen molar-refractivity contribution in [2.75, 3.05) is 13.2 Å². The number of benzene rings is 2. The van der Waals surface area contributed by atoms with Gasteiger partial charge in [-0.25, -0.2) is 13.6 Å². The minimum atomic E-state index is -4.51. The molecule has 0 aliphatic rings. The fourth-order valence-corrected chi connectivity index (χ4v) is 5.44. The monoisotopic (exact) mass is 635 g/mol. The number of esters is 1. The number of alkyl halides is 5. The summed E-state index contributed by atoms with van der Waals surface area (Å²) in [7, 11) is 0. The fourth-order valence-electron chi connectivity index (χ4n) is 5.44. The highest BCUT2D eigenvalue weighted by Crippen LogP contribution is 2.40. The summed E-state index contributed by atoms with van der Waals surface area (Å²) in [5.74, 6) is -2.64. The lowest BCUT2D eigenvalue weighted by atomic mass is 9.97. The molecule has 0 spiro atoms. The summed E-state index contributed by atoms with van der Waals surface area (Å²) >= 11 is 0. The Labute approximate surface area is 263 Å². The van der Waals surface area contributed by atoms with E-state index in [4.69, 9.17) is 9.47 Å². The normalized spacial score (nSPS) is 12.2. The second kappa shape index (κ2) is 16.8. The molecule has 9 heteroatoms. The Morgan fingerprint density at radius 3 is 2.33 bits per heavy atom. The van der Waals surface area contributed by atoms with Crippen LogP contribution in [0.2, 0.25) is 0 Å². The number of carbonyl (C=O) groups is 1. The third kappa shape index (κ3) is 11.2. The molecule has 45 heavy (non-hydrogen) atoms. The maximum absolute atomic E-state index is 14.4. The van der Waals surface area contributed by atoms with Crippen LogP contribution >= 0.6 is 0 Å². The standard InChI is InChI=1S/C36H46F5NO3/c1-5-7-8-13-27-14-17-30(31(23-27)36(39,40)41)33-24-28-15-16-29(25-32(28)42(33)20-9-12-26(3)4)44-21-10-18-35(37,38)19-11-22-45-34(43)6-2/h6,14-17,23-26H,2,5,7-13,18-22H2,1,3-4H3. The third-order valence-electron chi connectivity index (χ3n) is 7.83. The molecule has 1 aromatic heterocycles. The Balaban J connectivity index is 1.81. The Hall–Kier alpha value is -3.36. The second-order valence-corrected chi connectivity index (χ2v) is 12.1. The summed E-state index contributed by atoms with van der Waals surface area (Å²) in [5, 5.41) is 0.783. The summed E-state index contributed by atoms with van der Waals surface area (Å²) in [6.45, 7) is 10.1. The molecule has 4 nitrogen and oxygen atoms in total. The van der Waals surface area contributed by atoms with Gasteiger partial charge in [0.2, 0.25) is 5.92 Å². The highest BCUT2D eigenvalue weighted by Gasteiger charge is 2.35. The Morgan fingerprint density at radius 1 is 0.933 bits per heavy atom. The van der Waals surface area contributed by atoms with Gasteiger partial charge in [-0.05, 0) is 74.3 Å². The summed E-state index contributed by atoms with van der Waals surface area (Å²) in [5.41, 5.74) is 1.43. The molecule has 1 heterocycles. The molecule has 248 valence electrons. The van der Waals surface area contributed by atoms with Gasteiger partial charge in [-0.1, -0.05) is 52.3 Å². The van der Waals surface area contributed by atoms with E-state index in [1.165, 1.54) is 6.07 Å².